The maximum atomic E-state index is 4.37. The molecule has 0 saturated heterocycles. The van der Waals surface area contributed by atoms with Gasteiger partial charge in [-0.1, -0.05) is 30.3 Å². The van der Waals surface area contributed by atoms with Gasteiger partial charge in [0, 0.05) is 6.42 Å². The molecule has 1 aliphatic heterocycles. The van der Waals surface area contributed by atoms with Gasteiger partial charge in [-0.15, -0.1) is 11.3 Å². The van der Waals surface area contributed by atoms with Gasteiger partial charge < -0.3 is 0 Å². The summed E-state index contributed by atoms with van der Waals surface area (Å²) in [6, 6.07) is 14.6. The van der Waals surface area contributed by atoms with Gasteiger partial charge in [0.1, 0.15) is 12.5 Å². The number of thiophene rings is 1. The summed E-state index contributed by atoms with van der Waals surface area (Å²) in [6.45, 7) is 0.767. The molecule has 0 saturated carbocycles. The average Bonchev–Trinajstić information content (AvgIpc) is 3.00. The average molecular weight is 243 g/mol. The molecule has 0 unspecified atom stereocenters. The predicted octanol–water partition coefficient (Wildman–Crippen LogP) is 2.67. The summed E-state index contributed by atoms with van der Waals surface area (Å²) in [5, 5.41) is 7.70. The van der Waals surface area contributed by atoms with E-state index in [-0.39, 0.29) is 0 Å². The second-order valence-corrected chi connectivity index (χ2v) is 4.81. The van der Waals surface area contributed by atoms with Crippen LogP contribution in [0.2, 0.25) is 0 Å². The van der Waals surface area contributed by atoms with E-state index < -0.39 is 0 Å². The molecule has 0 aliphatic carbocycles. The van der Waals surface area contributed by atoms with Gasteiger partial charge in [0.05, 0.1) is 5.00 Å². The first kappa shape index (κ1) is 10.4. The van der Waals surface area contributed by atoms with Crippen molar-refractivity contribution >= 4 is 22.2 Å². The summed E-state index contributed by atoms with van der Waals surface area (Å²) in [6.07, 6.45) is 0.867. The molecule has 1 aromatic heterocycles. The normalized spacial score (nSPS) is 14.6. The summed E-state index contributed by atoms with van der Waals surface area (Å²) in [5.74, 6) is 1.08. The van der Waals surface area contributed by atoms with Crippen molar-refractivity contribution in [2.75, 3.05) is 11.6 Å². The lowest BCUT2D eigenvalue weighted by Gasteiger charge is -2.16. The first-order valence-electron chi connectivity index (χ1n) is 5.58. The zero-order valence-electron chi connectivity index (χ0n) is 9.34. The fourth-order valence-electron chi connectivity index (χ4n) is 1.89. The summed E-state index contributed by atoms with van der Waals surface area (Å²) in [5.41, 5.74) is 4.34. The van der Waals surface area contributed by atoms with Crippen molar-refractivity contribution < 1.29 is 0 Å². The lowest BCUT2D eigenvalue weighted by Crippen LogP contribution is -2.29. The van der Waals surface area contributed by atoms with Crippen LogP contribution in [-0.4, -0.2) is 12.5 Å². The summed E-state index contributed by atoms with van der Waals surface area (Å²) in [4.78, 5) is 2.22. The minimum atomic E-state index is 0.767. The fourth-order valence-corrected chi connectivity index (χ4v) is 2.64. The van der Waals surface area contributed by atoms with Crippen LogP contribution in [0.5, 0.6) is 0 Å². The lowest BCUT2D eigenvalue weighted by atomic mass is 10.1. The Morgan fingerprint density at radius 2 is 2.06 bits per heavy atom. The number of benzene rings is 1. The van der Waals surface area contributed by atoms with E-state index >= 15 is 0 Å². The largest absolute Gasteiger partial charge is 0.300 e. The number of nitrogens with one attached hydrogen (secondary N) is 1. The van der Waals surface area contributed by atoms with Gasteiger partial charge in [-0.25, -0.2) is 0 Å². The molecule has 0 radical (unpaired) electrons. The van der Waals surface area contributed by atoms with Gasteiger partial charge in [-0.2, -0.15) is 5.10 Å². The Labute approximate surface area is 104 Å². The van der Waals surface area contributed by atoms with Crippen LogP contribution in [0.25, 0.3) is 0 Å². The van der Waals surface area contributed by atoms with Crippen LogP contribution in [0.4, 0.5) is 5.00 Å². The van der Waals surface area contributed by atoms with Crippen molar-refractivity contribution in [3.05, 3.63) is 53.4 Å². The Hall–Kier alpha value is -1.81. The highest BCUT2D eigenvalue weighted by Gasteiger charge is 2.19. The first-order valence-corrected chi connectivity index (χ1v) is 6.46. The standard InChI is InChI=1S/C13H13N3S/c1-2-5-11(6-3-1)9-12-15-14-10-16(12)13-7-4-8-17-13/h1-8,14H,9-10H2. The highest BCUT2D eigenvalue weighted by atomic mass is 32.1. The number of hydrogen-bond acceptors (Lipinski definition) is 4. The molecule has 17 heavy (non-hydrogen) atoms. The Morgan fingerprint density at radius 1 is 1.18 bits per heavy atom. The van der Waals surface area contributed by atoms with Crippen LogP contribution < -0.4 is 10.3 Å². The molecule has 0 atom stereocenters. The monoisotopic (exact) mass is 243 g/mol. The molecule has 2 aromatic rings. The second kappa shape index (κ2) is 4.59. The predicted molar refractivity (Wildman–Crippen MR) is 72.4 cm³/mol. The van der Waals surface area contributed by atoms with E-state index in [0.29, 0.717) is 0 Å². The number of amidine groups is 1. The topological polar surface area (TPSA) is 27.6 Å². The Bertz CT molecular complexity index is 505. The van der Waals surface area contributed by atoms with Gasteiger partial charge in [0.15, 0.2) is 0 Å². The number of nitrogens with zero attached hydrogens (tertiary/aromatic N) is 2. The lowest BCUT2D eigenvalue weighted by molar-refractivity contribution is 0.810. The second-order valence-electron chi connectivity index (χ2n) is 3.89. The van der Waals surface area contributed by atoms with E-state index in [1.165, 1.54) is 10.6 Å². The van der Waals surface area contributed by atoms with Crippen molar-refractivity contribution in [3.63, 3.8) is 0 Å². The van der Waals surface area contributed by atoms with Gasteiger partial charge in [0.2, 0.25) is 0 Å². The third kappa shape index (κ3) is 2.17. The first-order chi connectivity index (χ1) is 8.43. The van der Waals surface area contributed by atoms with Crippen LogP contribution in [-0.2, 0) is 6.42 Å². The number of rotatable bonds is 3. The van der Waals surface area contributed by atoms with Crippen LogP contribution in [0, 0.1) is 0 Å². The van der Waals surface area contributed by atoms with E-state index in [4.69, 9.17) is 0 Å². The molecule has 4 heteroatoms. The molecule has 0 amide bonds. The molecule has 1 aliphatic rings. The molecule has 3 rings (SSSR count). The molecule has 1 N–H and O–H groups in total. The van der Waals surface area contributed by atoms with E-state index in [1.807, 2.05) is 6.07 Å². The minimum absolute atomic E-state index is 0.767. The van der Waals surface area contributed by atoms with Crippen molar-refractivity contribution in [2.24, 2.45) is 5.10 Å². The Balaban J connectivity index is 1.79. The minimum Gasteiger partial charge on any atom is -0.300 e. The van der Waals surface area contributed by atoms with Crippen LogP contribution in [0.3, 0.4) is 0 Å². The molecule has 0 fully saturated rings. The van der Waals surface area contributed by atoms with E-state index in [0.717, 1.165) is 18.9 Å². The number of hydrazone groups is 1. The van der Waals surface area contributed by atoms with Gasteiger partial charge >= 0.3 is 0 Å². The Kier molecular flexibility index (Phi) is 2.80. The number of anilines is 1. The van der Waals surface area contributed by atoms with Gasteiger partial charge in [-0.3, -0.25) is 10.3 Å². The molecule has 0 bridgehead atoms. The van der Waals surface area contributed by atoms with Gasteiger partial charge in [-0.05, 0) is 23.1 Å². The zero-order chi connectivity index (χ0) is 11.5. The van der Waals surface area contributed by atoms with Crippen molar-refractivity contribution in [1.29, 1.82) is 0 Å². The maximum Gasteiger partial charge on any atom is 0.135 e. The van der Waals surface area contributed by atoms with Crippen molar-refractivity contribution in [1.82, 2.24) is 5.43 Å². The SMILES string of the molecule is c1ccc(CC2=NNCN2c2cccs2)cc1. The van der Waals surface area contributed by atoms with Crippen molar-refractivity contribution in [2.45, 2.75) is 6.42 Å². The smallest absolute Gasteiger partial charge is 0.135 e. The fraction of sp³-hybridized carbons (Fsp3) is 0.154. The molecule has 3 nitrogen and oxygen atoms in total. The summed E-state index contributed by atoms with van der Waals surface area (Å²) < 4.78 is 0. The summed E-state index contributed by atoms with van der Waals surface area (Å²) in [7, 11) is 0. The third-order valence-corrected chi connectivity index (χ3v) is 3.62. The third-order valence-electron chi connectivity index (χ3n) is 2.73. The maximum absolute atomic E-state index is 4.37. The quantitative estimate of drug-likeness (QED) is 0.897. The van der Waals surface area contributed by atoms with Crippen molar-refractivity contribution in [3.8, 4) is 0 Å². The van der Waals surface area contributed by atoms with E-state index in [2.05, 4.69) is 57.2 Å². The zero-order valence-corrected chi connectivity index (χ0v) is 10.2. The highest BCUT2D eigenvalue weighted by molar-refractivity contribution is 7.14. The molecule has 1 aromatic carbocycles. The van der Waals surface area contributed by atoms with E-state index in [1.54, 1.807) is 11.3 Å². The highest BCUT2D eigenvalue weighted by Crippen LogP contribution is 2.23. The van der Waals surface area contributed by atoms with Crippen LogP contribution in [0.15, 0.2) is 52.9 Å². The molecular formula is C13H13N3S. The van der Waals surface area contributed by atoms with Crippen LogP contribution >= 0.6 is 11.3 Å². The molecular weight excluding hydrogens is 230 g/mol. The van der Waals surface area contributed by atoms with Crippen LogP contribution in [0.1, 0.15) is 5.56 Å². The molecule has 86 valence electrons. The molecule has 0 spiro atoms. The Morgan fingerprint density at radius 3 is 2.82 bits per heavy atom. The van der Waals surface area contributed by atoms with E-state index in [9.17, 15) is 0 Å². The van der Waals surface area contributed by atoms with Gasteiger partial charge in [0.25, 0.3) is 0 Å². The number of hydrogen-bond donors (Lipinski definition) is 1. The molecule has 2 heterocycles. The summed E-state index contributed by atoms with van der Waals surface area (Å²) >= 11 is 1.74.